The molecule has 0 bridgehead atoms. The number of fused-ring (bicyclic) bond motifs is 1. The van der Waals surface area contributed by atoms with Crippen LogP contribution in [0.1, 0.15) is 38.8 Å². The number of likely N-dealkylation sites (N-methyl/N-ethyl adjacent to an activating group) is 1. The number of aryl methyl sites for hydroxylation is 2. The molecule has 3 heterocycles. The minimum Gasteiger partial charge on any atom is -0.493 e. The van der Waals surface area contributed by atoms with Gasteiger partial charge in [0, 0.05) is 39.8 Å². The first kappa shape index (κ1) is 35.4. The molecule has 1 aromatic carbocycles. The van der Waals surface area contributed by atoms with Crippen LogP contribution >= 0.6 is 0 Å². The summed E-state index contributed by atoms with van der Waals surface area (Å²) < 4.78 is 35.4. The van der Waals surface area contributed by atoms with E-state index in [1.54, 1.807) is 25.2 Å². The fourth-order valence-corrected chi connectivity index (χ4v) is 6.21. The summed E-state index contributed by atoms with van der Waals surface area (Å²) in [6, 6.07) is 3.89. The fourth-order valence-electron chi connectivity index (χ4n) is 4.76. The van der Waals surface area contributed by atoms with Crippen LogP contribution in [0.3, 0.4) is 0 Å². The van der Waals surface area contributed by atoms with E-state index in [9.17, 15) is 18.0 Å². The number of ether oxygens (including phenoxy) is 1. The molecule has 0 unspecified atom stereocenters. The summed E-state index contributed by atoms with van der Waals surface area (Å²) in [6.07, 6.45) is 2.52. The second kappa shape index (κ2) is 15.8. The molecule has 2 aromatic heterocycles. The number of hydrogen-bond acceptors (Lipinski definition) is 10. The Morgan fingerprint density at radius 2 is 1.91 bits per heavy atom. The first-order chi connectivity index (χ1) is 21.3. The minimum atomic E-state index is -3.70. The second-order valence-corrected chi connectivity index (χ2v) is 12.6. The maximum atomic E-state index is 13.3. The van der Waals surface area contributed by atoms with E-state index < -0.39 is 22.0 Å². The second-order valence-electron chi connectivity index (χ2n) is 10.7. The van der Waals surface area contributed by atoms with Gasteiger partial charge in [0.05, 0.1) is 22.8 Å². The monoisotopic (exact) mass is 648 g/mol. The number of sulfonamides is 1. The van der Waals surface area contributed by atoms with E-state index in [0.29, 0.717) is 80.9 Å². The van der Waals surface area contributed by atoms with Gasteiger partial charge in [0.1, 0.15) is 23.1 Å². The number of aliphatic carboxylic acids is 1. The summed E-state index contributed by atoms with van der Waals surface area (Å²) in [6.45, 7) is 6.96. The lowest BCUT2D eigenvalue weighted by molar-refractivity contribution is -0.138. The van der Waals surface area contributed by atoms with Crippen molar-refractivity contribution in [1.29, 1.82) is 5.41 Å². The first-order valence-corrected chi connectivity index (χ1v) is 16.2. The summed E-state index contributed by atoms with van der Waals surface area (Å²) in [5, 5.41) is 22.2. The van der Waals surface area contributed by atoms with Crippen LogP contribution in [0.25, 0.3) is 22.4 Å². The lowest BCUT2D eigenvalue weighted by Gasteiger charge is -2.31. The van der Waals surface area contributed by atoms with Crippen molar-refractivity contribution in [2.24, 2.45) is 18.5 Å². The van der Waals surface area contributed by atoms with Crippen molar-refractivity contribution in [3.8, 4) is 17.1 Å². The highest BCUT2D eigenvalue weighted by molar-refractivity contribution is 7.89. The Kier molecular flexibility index (Phi) is 12.4. The zero-order chi connectivity index (χ0) is 33.3. The Morgan fingerprint density at radius 3 is 2.51 bits per heavy atom. The van der Waals surface area contributed by atoms with Gasteiger partial charge in [-0.15, -0.1) is 0 Å². The third-order valence-corrected chi connectivity index (χ3v) is 9.07. The first-order valence-electron chi connectivity index (χ1n) is 14.8. The summed E-state index contributed by atoms with van der Waals surface area (Å²) in [7, 11) is -0.00831. The van der Waals surface area contributed by atoms with E-state index in [-0.39, 0.29) is 22.2 Å². The van der Waals surface area contributed by atoms with Crippen LogP contribution in [0, 0.1) is 5.41 Å². The molecule has 1 aliphatic rings. The Morgan fingerprint density at radius 1 is 1.22 bits per heavy atom. The highest BCUT2D eigenvalue weighted by Gasteiger charge is 2.29. The molecular formula is C28H44N10O6S. The van der Waals surface area contributed by atoms with Crippen molar-refractivity contribution < 1.29 is 23.1 Å². The van der Waals surface area contributed by atoms with E-state index in [0.717, 1.165) is 12.1 Å². The smallest absolute Gasteiger partial charge is 0.320 e. The van der Waals surface area contributed by atoms with Crippen LogP contribution in [0.4, 0.5) is 0 Å². The SMILES string of the molecule is CCCc1nn(C)c2c(=O)[nH]c(-c3cc(S(=O)(=O)N4CCN(C)CC4)ccc3OCC)nc12.N=C(N)NCCC[C@H](N)C(=O)O. The summed E-state index contributed by atoms with van der Waals surface area (Å²) in [4.78, 5) is 32.9. The number of piperazine rings is 1. The largest absolute Gasteiger partial charge is 0.493 e. The third-order valence-electron chi connectivity index (χ3n) is 7.18. The van der Waals surface area contributed by atoms with Gasteiger partial charge in [-0.05, 0) is 51.4 Å². The van der Waals surface area contributed by atoms with Crippen LogP contribution in [-0.2, 0) is 28.3 Å². The quantitative estimate of drug-likeness (QED) is 0.0882. The van der Waals surface area contributed by atoms with Crippen molar-refractivity contribution in [1.82, 2.24) is 34.3 Å². The number of rotatable bonds is 12. The number of nitrogens with two attached hydrogens (primary N) is 2. The molecule has 1 saturated heterocycles. The summed E-state index contributed by atoms with van der Waals surface area (Å²) in [5.41, 5.74) is 12.0. The van der Waals surface area contributed by atoms with Crippen LogP contribution in [0.2, 0.25) is 0 Å². The Balaban J connectivity index is 0.000000392. The molecule has 1 aliphatic heterocycles. The van der Waals surface area contributed by atoms with Gasteiger partial charge in [-0.25, -0.2) is 13.4 Å². The summed E-state index contributed by atoms with van der Waals surface area (Å²) >= 11 is 0. The molecule has 1 fully saturated rings. The number of benzene rings is 1. The van der Waals surface area contributed by atoms with Crippen molar-refractivity contribution in [3.63, 3.8) is 0 Å². The number of hydrogen-bond donors (Lipinski definition) is 6. The number of nitrogens with zero attached hydrogens (tertiary/aromatic N) is 5. The third kappa shape index (κ3) is 9.00. The predicted molar refractivity (Wildman–Crippen MR) is 171 cm³/mol. The number of carboxylic acid groups (broad SMARTS) is 1. The summed E-state index contributed by atoms with van der Waals surface area (Å²) in [5.74, 6) is -0.397. The molecule has 16 nitrogen and oxygen atoms in total. The highest BCUT2D eigenvalue weighted by atomic mass is 32.2. The highest BCUT2D eigenvalue weighted by Crippen LogP contribution is 2.32. The lowest BCUT2D eigenvalue weighted by atomic mass is 10.1. The van der Waals surface area contributed by atoms with Crippen LogP contribution in [0.15, 0.2) is 27.9 Å². The van der Waals surface area contributed by atoms with Gasteiger partial charge in [0.15, 0.2) is 11.5 Å². The van der Waals surface area contributed by atoms with Gasteiger partial charge in [-0.1, -0.05) is 13.3 Å². The van der Waals surface area contributed by atoms with E-state index in [1.165, 1.54) is 8.99 Å². The topological polar surface area (TPSA) is 239 Å². The molecule has 248 valence electrons. The molecule has 1 atom stereocenters. The van der Waals surface area contributed by atoms with E-state index in [1.807, 2.05) is 20.9 Å². The number of carboxylic acids is 1. The Labute approximate surface area is 262 Å². The van der Waals surface area contributed by atoms with E-state index in [4.69, 9.17) is 31.7 Å². The van der Waals surface area contributed by atoms with Crippen LogP contribution < -0.4 is 27.1 Å². The molecule has 0 amide bonds. The number of carbonyl (C=O) groups is 1. The molecule has 3 aromatic rings. The fraction of sp³-hybridized carbons (Fsp3) is 0.536. The van der Waals surface area contributed by atoms with Gasteiger partial charge in [-0.2, -0.15) is 9.40 Å². The molecule has 45 heavy (non-hydrogen) atoms. The number of aromatic nitrogens is 4. The average Bonchev–Trinajstić information content (AvgIpc) is 3.31. The van der Waals surface area contributed by atoms with E-state index >= 15 is 0 Å². The van der Waals surface area contributed by atoms with Gasteiger partial charge < -0.3 is 36.5 Å². The molecule has 8 N–H and O–H groups in total. The zero-order valence-corrected chi connectivity index (χ0v) is 27.0. The maximum Gasteiger partial charge on any atom is 0.320 e. The van der Waals surface area contributed by atoms with Crippen molar-refractivity contribution in [2.75, 3.05) is 46.4 Å². The zero-order valence-electron chi connectivity index (χ0n) is 26.2. The Bertz CT molecular complexity index is 1650. The number of aromatic amines is 1. The van der Waals surface area contributed by atoms with Crippen LogP contribution in [-0.4, -0.2) is 107 Å². The van der Waals surface area contributed by atoms with Gasteiger partial charge in [0.25, 0.3) is 5.56 Å². The van der Waals surface area contributed by atoms with Gasteiger partial charge >= 0.3 is 5.97 Å². The minimum absolute atomic E-state index is 0.112. The van der Waals surface area contributed by atoms with Gasteiger partial charge in [0.2, 0.25) is 10.0 Å². The van der Waals surface area contributed by atoms with Crippen molar-refractivity contribution >= 4 is 33.0 Å². The normalized spacial score (nSPS) is 14.9. The number of guanidine groups is 1. The average molecular weight is 649 g/mol. The lowest BCUT2D eigenvalue weighted by Crippen LogP contribution is -2.47. The van der Waals surface area contributed by atoms with E-state index in [2.05, 4.69) is 20.3 Å². The van der Waals surface area contributed by atoms with Crippen molar-refractivity contribution in [2.45, 2.75) is 50.5 Å². The molecule has 17 heteroatoms. The maximum absolute atomic E-state index is 13.3. The molecular weight excluding hydrogens is 604 g/mol. The van der Waals surface area contributed by atoms with Crippen molar-refractivity contribution in [3.05, 3.63) is 34.2 Å². The molecule has 0 saturated carbocycles. The number of H-pyrrole nitrogens is 1. The molecule has 0 spiro atoms. The van der Waals surface area contributed by atoms with Crippen LogP contribution in [0.5, 0.6) is 5.75 Å². The predicted octanol–water partition coefficient (Wildman–Crippen LogP) is 0.272. The van der Waals surface area contributed by atoms with Gasteiger partial charge in [-0.3, -0.25) is 19.7 Å². The number of nitrogens with one attached hydrogen (secondary N) is 3. The Hall–Kier alpha value is -4.06. The molecule has 0 aliphatic carbocycles. The molecule has 4 rings (SSSR count). The standard InChI is InChI=1S/C22H30N6O4S.C6H14N4O2/c1-5-7-17-19-20(27(4)25-17)22(29)24-21(23-19)16-14-15(8-9-18(16)32-6-2)33(30,31)28-12-10-26(3)11-13-28;7-4(5(11)12)2-1-3-10-6(8)9/h8-9,14H,5-7,10-13H2,1-4H3,(H,23,24,29);4H,1-3,7H2,(H,11,12)(H4,8,9,10)/t;4-/m.0/s1. The molecule has 0 radical (unpaired) electrons.